The molecule has 0 bridgehead atoms. The van der Waals surface area contributed by atoms with E-state index < -0.39 is 42.3 Å². The fraction of sp³-hybridized carbons (Fsp3) is 0.707. The van der Waals surface area contributed by atoms with E-state index in [-0.39, 0.29) is 59.6 Å². The van der Waals surface area contributed by atoms with Gasteiger partial charge in [0.2, 0.25) is 29.5 Å². The van der Waals surface area contributed by atoms with E-state index in [1.54, 1.807) is 11.9 Å². The first-order valence-corrected chi connectivity index (χ1v) is 21.5. The molecule has 0 aromatic heterocycles. The number of rotatable bonds is 17. The van der Waals surface area contributed by atoms with E-state index in [1.807, 2.05) is 92.6 Å². The van der Waals surface area contributed by atoms with E-state index in [2.05, 4.69) is 42.5 Å². The summed E-state index contributed by atoms with van der Waals surface area (Å²) in [5, 5.41) is 5.87. The molecule has 2 aliphatic heterocycles. The topological polar surface area (TPSA) is 149 Å². The Morgan fingerprint density at radius 2 is 1.39 bits per heavy atom. The van der Waals surface area contributed by atoms with Gasteiger partial charge in [0.05, 0.1) is 12.5 Å². The van der Waals surface area contributed by atoms with E-state index >= 15 is 0 Å². The molecule has 2 heterocycles. The van der Waals surface area contributed by atoms with Crippen molar-refractivity contribution in [1.29, 1.82) is 0 Å². The van der Waals surface area contributed by atoms with Crippen LogP contribution in [0.1, 0.15) is 93.1 Å². The molecule has 0 spiro atoms. The van der Waals surface area contributed by atoms with Crippen molar-refractivity contribution in [2.75, 3.05) is 34.2 Å². The van der Waals surface area contributed by atoms with Crippen LogP contribution in [0, 0.1) is 23.7 Å². The Hall–Kier alpha value is -3.04. The summed E-state index contributed by atoms with van der Waals surface area (Å²) in [6.45, 7) is 16.1. The van der Waals surface area contributed by atoms with Crippen LogP contribution in [0.3, 0.4) is 0 Å². The van der Waals surface area contributed by atoms with E-state index in [0.717, 1.165) is 14.5 Å². The van der Waals surface area contributed by atoms with Crippen molar-refractivity contribution < 1.29 is 33.5 Å². The number of esters is 1. The molecule has 56 heavy (non-hydrogen) atoms. The SMILES string of the molecule is CC(C)C(CC(=O)NCc1ccc(Br)cc1Br)OC(=O)C1CCCN1C(=O)C1CCCN1C(=O)C(C(C)C)N(C)C(=O)C(NC(=O)C(C(C)C)N(C)C)C(C)C. The van der Waals surface area contributed by atoms with Gasteiger partial charge in [0, 0.05) is 35.6 Å². The number of amides is 5. The van der Waals surface area contributed by atoms with Crippen molar-refractivity contribution in [3.8, 4) is 0 Å². The second-order valence-corrected chi connectivity index (χ2v) is 18.6. The molecule has 1 aromatic rings. The number of likely N-dealkylation sites (N-methyl/N-ethyl adjacent to an activating group) is 2. The van der Waals surface area contributed by atoms with Gasteiger partial charge in [-0.2, -0.15) is 0 Å². The van der Waals surface area contributed by atoms with Gasteiger partial charge in [-0.25, -0.2) is 4.79 Å². The number of ether oxygens (including phenoxy) is 1. The fourth-order valence-corrected chi connectivity index (χ4v) is 9.01. The smallest absolute Gasteiger partial charge is 0.329 e. The Kier molecular flexibility index (Phi) is 17.8. The summed E-state index contributed by atoms with van der Waals surface area (Å²) in [5.74, 6) is -2.79. The molecule has 0 saturated carbocycles. The zero-order valence-corrected chi connectivity index (χ0v) is 38.2. The zero-order chi connectivity index (χ0) is 42.2. The first kappa shape index (κ1) is 47.3. The van der Waals surface area contributed by atoms with Crippen LogP contribution in [-0.2, 0) is 40.0 Å². The average molecular weight is 913 g/mol. The van der Waals surface area contributed by atoms with Crippen LogP contribution >= 0.6 is 31.9 Å². The number of hydrogen-bond acceptors (Lipinski definition) is 8. The number of nitrogens with one attached hydrogen (secondary N) is 2. The highest BCUT2D eigenvalue weighted by Crippen LogP contribution is 2.29. The Bertz CT molecular complexity index is 1560. The quantitative estimate of drug-likeness (QED) is 0.208. The van der Waals surface area contributed by atoms with Gasteiger partial charge in [-0.15, -0.1) is 0 Å². The highest BCUT2D eigenvalue weighted by molar-refractivity contribution is 9.11. The maximum absolute atomic E-state index is 14.4. The highest BCUT2D eigenvalue weighted by Gasteiger charge is 2.46. The van der Waals surface area contributed by atoms with Gasteiger partial charge in [-0.05, 0) is 81.1 Å². The first-order chi connectivity index (χ1) is 26.2. The van der Waals surface area contributed by atoms with Gasteiger partial charge < -0.3 is 30.1 Å². The Morgan fingerprint density at radius 3 is 1.93 bits per heavy atom. The normalized spacial score (nSPS) is 19.4. The zero-order valence-electron chi connectivity index (χ0n) is 35.1. The number of hydrogen-bond donors (Lipinski definition) is 2. The number of benzene rings is 1. The standard InChI is InChI=1S/C41H64Br2N6O7/c1-23(2)32(21-33(50)44-22-27-16-17-28(42)20-29(27)43)56-41(55)31-15-13-19-49(31)38(52)30-14-12-18-48(30)40(54)36(26(7)8)47(11)39(53)34(24(3)4)45-37(51)35(25(5)6)46(9)10/h16-17,20,23-26,30-32,34-36H,12-15,18-19,21-22H2,1-11H3,(H,44,50)(H,45,51). The van der Waals surface area contributed by atoms with Crippen molar-refractivity contribution in [3.05, 3.63) is 32.7 Å². The third kappa shape index (κ3) is 12.0. The maximum Gasteiger partial charge on any atom is 0.329 e. The highest BCUT2D eigenvalue weighted by atomic mass is 79.9. The lowest BCUT2D eigenvalue weighted by Gasteiger charge is -2.38. The molecular formula is C41H64Br2N6O7. The summed E-state index contributed by atoms with van der Waals surface area (Å²) in [5.41, 5.74) is 0.904. The van der Waals surface area contributed by atoms with Crippen molar-refractivity contribution >= 4 is 67.4 Å². The van der Waals surface area contributed by atoms with Crippen LogP contribution in [0.4, 0.5) is 0 Å². The minimum Gasteiger partial charge on any atom is -0.460 e. The van der Waals surface area contributed by atoms with Gasteiger partial charge in [-0.1, -0.05) is 93.3 Å². The molecule has 2 N–H and O–H groups in total. The van der Waals surface area contributed by atoms with Gasteiger partial charge in [0.25, 0.3) is 0 Å². The molecule has 5 amide bonds. The summed E-state index contributed by atoms with van der Waals surface area (Å²) < 4.78 is 7.71. The van der Waals surface area contributed by atoms with Crippen LogP contribution in [0.5, 0.6) is 0 Å². The van der Waals surface area contributed by atoms with Gasteiger partial charge in [-0.3, -0.25) is 28.9 Å². The third-order valence-electron chi connectivity index (χ3n) is 10.9. The molecule has 2 aliphatic rings. The lowest BCUT2D eigenvalue weighted by molar-refractivity contribution is -0.162. The van der Waals surface area contributed by atoms with E-state index in [4.69, 9.17) is 4.74 Å². The largest absolute Gasteiger partial charge is 0.460 e. The lowest BCUT2D eigenvalue weighted by atomic mass is 9.96. The van der Waals surface area contributed by atoms with Crippen LogP contribution in [0.15, 0.2) is 27.1 Å². The Balaban J connectivity index is 1.72. The summed E-state index contributed by atoms with van der Waals surface area (Å²) in [6, 6.07) is 1.89. The van der Waals surface area contributed by atoms with Gasteiger partial charge in [0.15, 0.2) is 0 Å². The predicted octanol–water partition coefficient (Wildman–Crippen LogP) is 4.98. The van der Waals surface area contributed by atoms with E-state index in [9.17, 15) is 28.8 Å². The van der Waals surface area contributed by atoms with Crippen molar-refractivity contribution in [2.45, 2.75) is 130 Å². The number of halogens is 2. The minimum atomic E-state index is -0.883. The molecular weight excluding hydrogens is 848 g/mol. The van der Waals surface area contributed by atoms with Crippen molar-refractivity contribution in [3.63, 3.8) is 0 Å². The second kappa shape index (κ2) is 21.1. The van der Waals surface area contributed by atoms with Crippen LogP contribution in [0.25, 0.3) is 0 Å². The Labute approximate surface area is 350 Å². The maximum atomic E-state index is 14.4. The van der Waals surface area contributed by atoms with Crippen molar-refractivity contribution in [1.82, 2.24) is 30.2 Å². The van der Waals surface area contributed by atoms with Gasteiger partial charge >= 0.3 is 5.97 Å². The molecule has 3 rings (SSSR count). The molecule has 2 saturated heterocycles. The first-order valence-electron chi connectivity index (χ1n) is 19.9. The van der Waals surface area contributed by atoms with Crippen LogP contribution in [0.2, 0.25) is 0 Å². The fourth-order valence-electron chi connectivity index (χ4n) is 7.82. The summed E-state index contributed by atoms with van der Waals surface area (Å²) in [4.78, 5) is 89.1. The Morgan fingerprint density at radius 1 is 0.804 bits per heavy atom. The summed E-state index contributed by atoms with van der Waals surface area (Å²) >= 11 is 6.94. The lowest BCUT2D eigenvalue weighted by Crippen LogP contribution is -2.61. The summed E-state index contributed by atoms with van der Waals surface area (Å²) in [7, 11) is 5.24. The van der Waals surface area contributed by atoms with E-state index in [0.29, 0.717) is 45.3 Å². The minimum absolute atomic E-state index is 0.0111. The average Bonchev–Trinajstić information content (AvgIpc) is 3.80. The third-order valence-corrected chi connectivity index (χ3v) is 12.1. The molecule has 2 fully saturated rings. The monoisotopic (exact) mass is 910 g/mol. The molecule has 6 atom stereocenters. The number of carbonyl (C=O) groups is 6. The van der Waals surface area contributed by atoms with Crippen LogP contribution in [-0.4, -0.2) is 126 Å². The molecule has 6 unspecified atom stereocenters. The molecule has 1 aromatic carbocycles. The number of carbonyl (C=O) groups excluding carboxylic acids is 6. The molecule has 0 aliphatic carbocycles. The van der Waals surface area contributed by atoms with Gasteiger partial charge in [0.1, 0.15) is 30.3 Å². The predicted molar refractivity (Wildman–Crippen MR) is 223 cm³/mol. The van der Waals surface area contributed by atoms with Crippen molar-refractivity contribution in [2.24, 2.45) is 23.7 Å². The molecule has 0 radical (unpaired) electrons. The number of nitrogens with zero attached hydrogens (tertiary/aromatic N) is 4. The molecule has 15 heteroatoms. The second-order valence-electron chi connectivity index (χ2n) is 16.8. The van der Waals surface area contributed by atoms with Crippen LogP contribution < -0.4 is 10.6 Å². The summed E-state index contributed by atoms with van der Waals surface area (Å²) in [6.07, 6.45) is 1.32. The number of likely N-dealkylation sites (tertiary alicyclic amines) is 2. The molecule has 13 nitrogen and oxygen atoms in total. The van der Waals surface area contributed by atoms with E-state index in [1.165, 1.54) is 9.80 Å². The molecule has 314 valence electrons.